The maximum atomic E-state index is 6.34. The quantitative estimate of drug-likeness (QED) is 0.316. The Kier molecular flexibility index (Phi) is 2.72. The zero-order valence-corrected chi connectivity index (χ0v) is 15.1. The lowest BCUT2D eigenvalue weighted by Gasteiger charge is -2.18. The highest BCUT2D eigenvalue weighted by molar-refractivity contribution is 6.23. The van der Waals surface area contributed by atoms with Crippen LogP contribution in [0, 0.1) is 0 Å². The molecule has 0 fully saturated rings. The maximum absolute atomic E-state index is 6.34. The van der Waals surface area contributed by atoms with Gasteiger partial charge >= 0.3 is 0 Å². The van der Waals surface area contributed by atoms with E-state index in [1.807, 2.05) is 0 Å². The molecule has 25 heavy (non-hydrogen) atoms. The van der Waals surface area contributed by atoms with Crippen LogP contribution >= 0.6 is 0 Å². The van der Waals surface area contributed by atoms with Gasteiger partial charge in [0.1, 0.15) is 11.2 Å². The summed E-state index contributed by atoms with van der Waals surface area (Å²) in [6, 6.07) is 19.6. The summed E-state index contributed by atoms with van der Waals surface area (Å²) in [7, 11) is 2.12. The number of furan rings is 1. The molecule has 2 heteroatoms. The number of hydrogen-bond donors (Lipinski definition) is 0. The highest BCUT2D eigenvalue weighted by Crippen LogP contribution is 2.39. The predicted molar refractivity (Wildman–Crippen MR) is 106 cm³/mol. The van der Waals surface area contributed by atoms with Crippen molar-refractivity contribution in [2.24, 2.45) is 7.05 Å². The molecule has 0 saturated carbocycles. The van der Waals surface area contributed by atoms with Gasteiger partial charge in [0.05, 0.1) is 10.9 Å². The summed E-state index contributed by atoms with van der Waals surface area (Å²) >= 11 is 0. The number of benzene rings is 3. The Morgan fingerprint density at radius 1 is 0.800 bits per heavy atom. The zero-order valence-electron chi connectivity index (χ0n) is 15.1. The Morgan fingerprint density at radius 2 is 1.60 bits per heavy atom. The van der Waals surface area contributed by atoms with E-state index in [4.69, 9.17) is 4.42 Å². The van der Waals surface area contributed by atoms with Crippen LogP contribution in [-0.4, -0.2) is 4.57 Å². The van der Waals surface area contributed by atoms with E-state index in [1.54, 1.807) is 0 Å². The zero-order chi connectivity index (χ0) is 17.3. The second-order valence-electron chi connectivity index (χ2n) is 7.98. The third-order valence-electron chi connectivity index (χ3n) is 5.38. The summed E-state index contributed by atoms with van der Waals surface area (Å²) in [5, 5.41) is 4.87. The highest BCUT2D eigenvalue weighted by atomic mass is 16.3. The van der Waals surface area contributed by atoms with Crippen LogP contribution in [-0.2, 0) is 12.5 Å². The van der Waals surface area contributed by atoms with Crippen molar-refractivity contribution in [2.45, 2.75) is 26.2 Å². The third kappa shape index (κ3) is 1.91. The van der Waals surface area contributed by atoms with Gasteiger partial charge in [-0.1, -0.05) is 45.0 Å². The minimum absolute atomic E-state index is 0.126. The largest absolute Gasteiger partial charge is 0.455 e. The number of para-hydroxylation sites is 1. The molecule has 0 atom stereocenters. The van der Waals surface area contributed by atoms with Crippen LogP contribution in [0.4, 0.5) is 0 Å². The monoisotopic (exact) mass is 327 g/mol. The van der Waals surface area contributed by atoms with E-state index in [1.165, 1.54) is 38.1 Å². The summed E-state index contributed by atoms with van der Waals surface area (Å²) < 4.78 is 8.59. The van der Waals surface area contributed by atoms with E-state index in [0.717, 1.165) is 11.2 Å². The molecule has 2 aromatic heterocycles. The fourth-order valence-electron chi connectivity index (χ4n) is 3.94. The molecule has 0 unspecified atom stereocenters. The molecule has 0 aliphatic carbocycles. The van der Waals surface area contributed by atoms with Crippen molar-refractivity contribution in [1.82, 2.24) is 4.57 Å². The summed E-state index contributed by atoms with van der Waals surface area (Å²) in [4.78, 5) is 0. The van der Waals surface area contributed by atoms with Crippen LogP contribution in [0.15, 0.2) is 59.0 Å². The average molecular weight is 327 g/mol. The van der Waals surface area contributed by atoms with E-state index < -0.39 is 0 Å². The highest BCUT2D eigenvalue weighted by Gasteiger charge is 2.19. The van der Waals surface area contributed by atoms with Gasteiger partial charge in [0.25, 0.3) is 0 Å². The Morgan fingerprint density at radius 3 is 2.40 bits per heavy atom. The van der Waals surface area contributed by atoms with Crippen molar-refractivity contribution < 1.29 is 4.42 Å². The van der Waals surface area contributed by atoms with Crippen molar-refractivity contribution >= 4 is 43.7 Å². The number of fused-ring (bicyclic) bond motifs is 7. The lowest BCUT2D eigenvalue weighted by Crippen LogP contribution is -2.10. The molecule has 5 aromatic rings. The molecule has 5 rings (SSSR count). The van der Waals surface area contributed by atoms with Gasteiger partial charge in [-0.25, -0.2) is 0 Å². The van der Waals surface area contributed by atoms with E-state index in [-0.39, 0.29) is 5.41 Å². The molecule has 0 bridgehead atoms. The van der Waals surface area contributed by atoms with E-state index in [9.17, 15) is 0 Å². The Balaban J connectivity index is 1.98. The van der Waals surface area contributed by atoms with Crippen LogP contribution in [0.3, 0.4) is 0 Å². The Labute approximate surface area is 146 Å². The van der Waals surface area contributed by atoms with Crippen LogP contribution in [0.25, 0.3) is 43.7 Å². The summed E-state index contributed by atoms with van der Waals surface area (Å²) in [5.41, 5.74) is 5.87. The normalized spacial score (nSPS) is 12.8. The van der Waals surface area contributed by atoms with Gasteiger partial charge in [-0.05, 0) is 41.3 Å². The Hall–Kier alpha value is -2.74. The minimum atomic E-state index is 0.126. The molecular weight excluding hydrogens is 306 g/mol. The Bertz CT molecular complexity index is 1280. The molecule has 2 heterocycles. The van der Waals surface area contributed by atoms with Crippen LogP contribution in [0.5, 0.6) is 0 Å². The minimum Gasteiger partial charge on any atom is -0.455 e. The molecule has 2 nitrogen and oxygen atoms in total. The molecule has 0 aliphatic rings. The first-order valence-corrected chi connectivity index (χ1v) is 8.78. The first-order valence-electron chi connectivity index (χ1n) is 8.78. The predicted octanol–water partition coefficient (Wildman–Crippen LogP) is 6.53. The first-order chi connectivity index (χ1) is 11.9. The van der Waals surface area contributed by atoms with Gasteiger partial charge in [-0.3, -0.25) is 0 Å². The molecule has 124 valence electrons. The number of nitrogens with zero attached hydrogens (tertiary/aromatic N) is 1. The van der Waals surface area contributed by atoms with Gasteiger partial charge in [0, 0.05) is 28.7 Å². The molecule has 0 spiro atoms. The standard InChI is InChI=1S/C23H21NO/c1-23(2,3)14-9-12-20-17(13-14)15-10-11-19-21(22(15)25-20)16-7-5-6-8-18(16)24(19)4/h5-13H,1-4H3. The molecule has 0 N–H and O–H groups in total. The molecule has 0 aliphatic heterocycles. The topological polar surface area (TPSA) is 18.1 Å². The van der Waals surface area contributed by atoms with Crippen molar-refractivity contribution in [3.05, 3.63) is 60.2 Å². The van der Waals surface area contributed by atoms with Crippen LogP contribution in [0.1, 0.15) is 26.3 Å². The van der Waals surface area contributed by atoms with Crippen molar-refractivity contribution in [1.29, 1.82) is 0 Å². The summed E-state index contributed by atoms with van der Waals surface area (Å²) in [6.07, 6.45) is 0. The smallest absolute Gasteiger partial charge is 0.145 e. The van der Waals surface area contributed by atoms with Gasteiger partial charge in [-0.15, -0.1) is 0 Å². The third-order valence-corrected chi connectivity index (χ3v) is 5.38. The maximum Gasteiger partial charge on any atom is 0.145 e. The first kappa shape index (κ1) is 14.6. The second kappa shape index (κ2) is 4.66. The number of rotatable bonds is 0. The number of hydrogen-bond acceptors (Lipinski definition) is 1. The van der Waals surface area contributed by atoms with Gasteiger partial charge in [-0.2, -0.15) is 0 Å². The van der Waals surface area contributed by atoms with Gasteiger partial charge in [0.15, 0.2) is 0 Å². The molecule has 0 amide bonds. The lowest BCUT2D eigenvalue weighted by molar-refractivity contribution is 0.590. The van der Waals surface area contributed by atoms with Gasteiger partial charge in [0.2, 0.25) is 0 Å². The molecular formula is C23H21NO. The fraction of sp³-hybridized carbons (Fsp3) is 0.217. The van der Waals surface area contributed by atoms with E-state index in [2.05, 4.69) is 87.0 Å². The van der Waals surface area contributed by atoms with E-state index in [0.29, 0.717) is 0 Å². The van der Waals surface area contributed by atoms with Crippen molar-refractivity contribution in [3.8, 4) is 0 Å². The van der Waals surface area contributed by atoms with Gasteiger partial charge < -0.3 is 8.98 Å². The summed E-state index contributed by atoms with van der Waals surface area (Å²) in [5.74, 6) is 0. The second-order valence-corrected chi connectivity index (χ2v) is 7.98. The van der Waals surface area contributed by atoms with Crippen LogP contribution < -0.4 is 0 Å². The average Bonchev–Trinajstić information content (AvgIpc) is 3.10. The lowest BCUT2D eigenvalue weighted by atomic mass is 9.86. The van der Waals surface area contributed by atoms with Crippen molar-refractivity contribution in [3.63, 3.8) is 0 Å². The molecule has 3 aromatic carbocycles. The van der Waals surface area contributed by atoms with E-state index >= 15 is 0 Å². The molecule has 0 saturated heterocycles. The number of aryl methyl sites for hydroxylation is 1. The van der Waals surface area contributed by atoms with Crippen LogP contribution in [0.2, 0.25) is 0 Å². The number of aromatic nitrogens is 1. The summed E-state index contributed by atoms with van der Waals surface area (Å²) in [6.45, 7) is 6.75. The van der Waals surface area contributed by atoms with Crippen molar-refractivity contribution in [2.75, 3.05) is 0 Å². The SMILES string of the molecule is Cn1c2ccccc2c2c3oc4ccc(C(C)(C)C)cc4c3ccc21. The molecule has 0 radical (unpaired) electrons. The fourth-order valence-corrected chi connectivity index (χ4v) is 3.94.